The zero-order valence-electron chi connectivity index (χ0n) is 16.6. The standard InChI is InChI=1S/C22H24N4O3/c1-3-18-21(23-22(27)20-14-16-6-4-5-7-19(16)29-20)24-25-26(18)13-12-15-8-10-17(28-2)11-9-15/h4-11,20H,3,12-14H2,1-2H3,(H,23,27)/t20-/m1/s1. The first kappa shape index (κ1) is 19.0. The molecule has 1 aliphatic heterocycles. The lowest BCUT2D eigenvalue weighted by atomic mass is 10.1. The van der Waals surface area contributed by atoms with Crippen LogP contribution >= 0.6 is 0 Å². The fourth-order valence-electron chi connectivity index (χ4n) is 3.51. The van der Waals surface area contributed by atoms with Crippen LogP contribution in [0.1, 0.15) is 23.7 Å². The molecule has 3 aromatic rings. The van der Waals surface area contributed by atoms with E-state index in [4.69, 9.17) is 9.47 Å². The number of aromatic nitrogens is 3. The highest BCUT2D eigenvalue weighted by Gasteiger charge is 2.30. The minimum atomic E-state index is -0.540. The molecule has 2 aromatic carbocycles. The summed E-state index contributed by atoms with van der Waals surface area (Å²) in [5, 5.41) is 11.3. The van der Waals surface area contributed by atoms with Crippen LogP contribution in [0.5, 0.6) is 11.5 Å². The van der Waals surface area contributed by atoms with Crippen molar-refractivity contribution in [1.29, 1.82) is 0 Å². The van der Waals surface area contributed by atoms with Gasteiger partial charge >= 0.3 is 0 Å². The second kappa shape index (κ2) is 8.34. The number of ether oxygens (including phenoxy) is 2. The van der Waals surface area contributed by atoms with Crippen LogP contribution in [0.2, 0.25) is 0 Å². The zero-order valence-corrected chi connectivity index (χ0v) is 16.6. The maximum Gasteiger partial charge on any atom is 0.267 e. The molecule has 0 spiro atoms. The predicted octanol–water partition coefficient (Wildman–Crippen LogP) is 3.03. The fraction of sp³-hybridized carbons (Fsp3) is 0.318. The number of para-hydroxylation sites is 1. The lowest BCUT2D eigenvalue weighted by molar-refractivity contribution is -0.122. The Hall–Kier alpha value is -3.35. The molecule has 29 heavy (non-hydrogen) atoms. The van der Waals surface area contributed by atoms with Crippen molar-refractivity contribution in [3.05, 3.63) is 65.4 Å². The Morgan fingerprint density at radius 3 is 2.76 bits per heavy atom. The van der Waals surface area contributed by atoms with Crippen LogP contribution in [0, 0.1) is 0 Å². The van der Waals surface area contributed by atoms with Gasteiger partial charge in [-0.3, -0.25) is 4.79 Å². The van der Waals surface area contributed by atoms with Gasteiger partial charge in [0.15, 0.2) is 11.9 Å². The Morgan fingerprint density at radius 1 is 1.24 bits per heavy atom. The minimum Gasteiger partial charge on any atom is -0.497 e. The van der Waals surface area contributed by atoms with Gasteiger partial charge in [-0.05, 0) is 42.2 Å². The summed E-state index contributed by atoms with van der Waals surface area (Å²) in [6.45, 7) is 2.71. The first-order valence-corrected chi connectivity index (χ1v) is 9.78. The smallest absolute Gasteiger partial charge is 0.267 e. The number of hydrogen-bond acceptors (Lipinski definition) is 5. The number of fused-ring (bicyclic) bond motifs is 1. The van der Waals surface area contributed by atoms with Crippen LogP contribution < -0.4 is 14.8 Å². The quantitative estimate of drug-likeness (QED) is 0.669. The molecule has 0 fully saturated rings. The van der Waals surface area contributed by atoms with E-state index in [0.29, 0.717) is 18.8 Å². The Balaban J connectivity index is 1.40. The van der Waals surface area contributed by atoms with Gasteiger partial charge in [-0.1, -0.05) is 42.5 Å². The average Bonchev–Trinajstić information content (AvgIpc) is 3.36. The highest BCUT2D eigenvalue weighted by atomic mass is 16.5. The third kappa shape index (κ3) is 4.08. The summed E-state index contributed by atoms with van der Waals surface area (Å²) < 4.78 is 12.8. The Morgan fingerprint density at radius 2 is 2.03 bits per heavy atom. The van der Waals surface area contributed by atoms with Crippen molar-refractivity contribution in [2.45, 2.75) is 38.8 Å². The van der Waals surface area contributed by atoms with Gasteiger partial charge in [-0.2, -0.15) is 0 Å². The number of methoxy groups -OCH3 is 1. The van der Waals surface area contributed by atoms with E-state index >= 15 is 0 Å². The van der Waals surface area contributed by atoms with Gasteiger partial charge < -0.3 is 14.8 Å². The summed E-state index contributed by atoms with van der Waals surface area (Å²) in [7, 11) is 1.66. The highest BCUT2D eigenvalue weighted by Crippen LogP contribution is 2.28. The summed E-state index contributed by atoms with van der Waals surface area (Å²) >= 11 is 0. The van der Waals surface area contributed by atoms with E-state index in [2.05, 4.69) is 15.6 Å². The third-order valence-electron chi connectivity index (χ3n) is 5.13. The Labute approximate surface area is 169 Å². The van der Waals surface area contributed by atoms with Gasteiger partial charge in [0.2, 0.25) is 0 Å². The zero-order chi connectivity index (χ0) is 20.2. The third-order valence-corrected chi connectivity index (χ3v) is 5.13. The van der Waals surface area contributed by atoms with Crippen LogP contribution in [0.4, 0.5) is 5.82 Å². The van der Waals surface area contributed by atoms with E-state index < -0.39 is 6.10 Å². The molecule has 2 heterocycles. The second-order valence-corrected chi connectivity index (χ2v) is 6.97. The number of carbonyl (C=O) groups excluding carboxylic acids is 1. The van der Waals surface area contributed by atoms with Crippen molar-refractivity contribution in [3.8, 4) is 11.5 Å². The van der Waals surface area contributed by atoms with Crippen LogP contribution in [0.3, 0.4) is 0 Å². The summed E-state index contributed by atoms with van der Waals surface area (Å²) in [5.74, 6) is 1.92. The molecule has 1 aromatic heterocycles. The molecule has 4 rings (SSSR count). The van der Waals surface area contributed by atoms with E-state index in [0.717, 1.165) is 35.6 Å². The molecule has 0 aliphatic carbocycles. The molecule has 1 amide bonds. The van der Waals surface area contributed by atoms with Gasteiger partial charge in [-0.15, -0.1) is 5.10 Å². The van der Waals surface area contributed by atoms with Gasteiger partial charge in [-0.25, -0.2) is 4.68 Å². The first-order chi connectivity index (χ1) is 14.2. The molecule has 150 valence electrons. The molecule has 0 bridgehead atoms. The topological polar surface area (TPSA) is 78.3 Å². The summed E-state index contributed by atoms with van der Waals surface area (Å²) in [6.07, 6.45) is 1.56. The predicted molar refractivity (Wildman–Crippen MR) is 109 cm³/mol. The number of nitrogens with zero attached hydrogens (tertiary/aromatic N) is 3. The van der Waals surface area contributed by atoms with Crippen LogP contribution in [0.25, 0.3) is 0 Å². The molecule has 7 nitrogen and oxygen atoms in total. The number of amides is 1. The number of nitrogens with one attached hydrogen (secondary N) is 1. The van der Waals surface area contributed by atoms with Crippen molar-refractivity contribution in [1.82, 2.24) is 15.0 Å². The number of rotatable bonds is 7. The molecule has 0 radical (unpaired) electrons. The second-order valence-electron chi connectivity index (χ2n) is 6.97. The van der Waals surface area contributed by atoms with E-state index in [1.807, 2.05) is 60.1 Å². The molecular weight excluding hydrogens is 368 g/mol. The maximum absolute atomic E-state index is 12.7. The van der Waals surface area contributed by atoms with E-state index in [9.17, 15) is 4.79 Å². The largest absolute Gasteiger partial charge is 0.497 e. The molecule has 1 N–H and O–H groups in total. The van der Waals surface area contributed by atoms with E-state index in [1.54, 1.807) is 7.11 Å². The number of benzene rings is 2. The number of hydrogen-bond donors (Lipinski definition) is 1. The van der Waals surface area contributed by atoms with Gasteiger partial charge in [0.1, 0.15) is 11.5 Å². The molecule has 0 unspecified atom stereocenters. The minimum absolute atomic E-state index is 0.196. The van der Waals surface area contributed by atoms with Gasteiger partial charge in [0.05, 0.1) is 12.8 Å². The van der Waals surface area contributed by atoms with Crippen molar-refractivity contribution >= 4 is 11.7 Å². The number of anilines is 1. The Bertz CT molecular complexity index is 973. The summed E-state index contributed by atoms with van der Waals surface area (Å²) in [6, 6.07) is 15.7. The van der Waals surface area contributed by atoms with Crippen molar-refractivity contribution in [3.63, 3.8) is 0 Å². The van der Waals surface area contributed by atoms with Gasteiger partial charge in [0, 0.05) is 13.0 Å². The monoisotopic (exact) mass is 392 g/mol. The number of aryl methyl sites for hydroxylation is 2. The van der Waals surface area contributed by atoms with Gasteiger partial charge in [0.25, 0.3) is 5.91 Å². The highest BCUT2D eigenvalue weighted by molar-refractivity contribution is 5.94. The lowest BCUT2D eigenvalue weighted by Gasteiger charge is -2.11. The van der Waals surface area contributed by atoms with Crippen molar-refractivity contribution in [2.75, 3.05) is 12.4 Å². The average molecular weight is 392 g/mol. The number of carbonyl (C=O) groups is 1. The van der Waals surface area contributed by atoms with E-state index in [-0.39, 0.29) is 5.91 Å². The van der Waals surface area contributed by atoms with Crippen molar-refractivity contribution < 1.29 is 14.3 Å². The molecule has 1 aliphatic rings. The molecule has 0 saturated carbocycles. The van der Waals surface area contributed by atoms with Crippen LogP contribution in [-0.2, 0) is 30.6 Å². The van der Waals surface area contributed by atoms with Crippen molar-refractivity contribution in [2.24, 2.45) is 0 Å². The summed E-state index contributed by atoms with van der Waals surface area (Å²) in [4.78, 5) is 12.7. The Kier molecular flexibility index (Phi) is 5.46. The first-order valence-electron chi connectivity index (χ1n) is 9.78. The van der Waals surface area contributed by atoms with Crippen LogP contribution in [-0.4, -0.2) is 34.1 Å². The normalized spacial score (nSPS) is 14.9. The molecule has 0 saturated heterocycles. The molecule has 7 heteroatoms. The van der Waals surface area contributed by atoms with E-state index in [1.165, 1.54) is 5.56 Å². The SMILES string of the molecule is CCc1c(NC(=O)[C@H]2Cc3ccccc3O2)nnn1CCc1ccc(OC)cc1. The van der Waals surface area contributed by atoms with Crippen LogP contribution in [0.15, 0.2) is 48.5 Å². The molecule has 1 atom stereocenters. The maximum atomic E-state index is 12.7. The fourth-order valence-corrected chi connectivity index (χ4v) is 3.51. The lowest BCUT2D eigenvalue weighted by Crippen LogP contribution is -2.32. The summed E-state index contributed by atoms with van der Waals surface area (Å²) in [5.41, 5.74) is 3.14. The molecular formula is C22H24N4O3.